The molecule has 186 valence electrons. The van der Waals surface area contributed by atoms with Crippen LogP contribution in [0.1, 0.15) is 42.1 Å². The van der Waals surface area contributed by atoms with E-state index >= 15 is 0 Å². The third-order valence-electron chi connectivity index (χ3n) is 6.43. The molecule has 0 saturated heterocycles. The van der Waals surface area contributed by atoms with Gasteiger partial charge in [0.25, 0.3) is 5.91 Å². The fourth-order valence-electron chi connectivity index (χ4n) is 4.36. The Hall–Kier alpha value is -3.16. The molecule has 7 heteroatoms. The molecule has 0 radical (unpaired) electrons. The van der Waals surface area contributed by atoms with E-state index in [1.807, 2.05) is 78.9 Å². The molecule has 1 amide bonds. The highest BCUT2D eigenvalue weighted by Crippen LogP contribution is 2.43. The zero-order valence-electron chi connectivity index (χ0n) is 19.9. The molecule has 0 bridgehead atoms. The predicted molar refractivity (Wildman–Crippen MR) is 142 cm³/mol. The fraction of sp³-hybridized carbons (Fsp3) is 0.310. The molecule has 2 N–H and O–H groups in total. The Bertz CT molecular complexity index is 1210. The number of aliphatic imine (C=N–C) groups is 1. The Morgan fingerprint density at radius 3 is 2.44 bits per heavy atom. The zero-order chi connectivity index (χ0) is 25.0. The Balaban J connectivity index is 1.53. The first kappa shape index (κ1) is 24.5. The molecule has 0 aromatic heterocycles. The smallest absolute Gasteiger partial charge is 0.252 e. The summed E-state index contributed by atoms with van der Waals surface area (Å²) in [5.41, 5.74) is 1.54. The van der Waals surface area contributed by atoms with E-state index in [-0.39, 0.29) is 18.6 Å². The summed E-state index contributed by atoms with van der Waals surface area (Å²) in [6, 6.07) is 25.5. The van der Waals surface area contributed by atoms with Crippen molar-refractivity contribution in [1.29, 1.82) is 0 Å². The van der Waals surface area contributed by atoms with Crippen molar-refractivity contribution in [3.63, 3.8) is 0 Å². The van der Waals surface area contributed by atoms with Gasteiger partial charge in [0, 0.05) is 35.5 Å². The molecule has 3 aromatic rings. The highest BCUT2D eigenvalue weighted by atomic mass is 79.9. The molecular weight excluding hydrogens is 520 g/mol. The van der Waals surface area contributed by atoms with Crippen LogP contribution in [0.5, 0.6) is 5.75 Å². The molecule has 1 aliphatic heterocycles. The average Bonchev–Trinajstić information content (AvgIpc) is 3.64. The maximum atomic E-state index is 13.9. The number of aliphatic hydroxyl groups is 1. The normalized spacial score (nSPS) is 20.9. The number of ether oxygens (including phenoxy) is 2. The number of carbonyl (C=O) groups is 1. The third kappa shape index (κ3) is 5.47. The molecule has 6 nitrogen and oxygen atoms in total. The van der Waals surface area contributed by atoms with Crippen LogP contribution in [0, 0.1) is 0 Å². The van der Waals surface area contributed by atoms with Crippen molar-refractivity contribution in [2.75, 3.05) is 13.2 Å². The van der Waals surface area contributed by atoms with Gasteiger partial charge in [-0.1, -0.05) is 58.4 Å². The molecule has 1 heterocycles. The standard InChI is InChI=1S/C29H29BrN2O4/c30-23-11-7-20(8-12-23)19-29(28(34)31-24-13-14-24)26(21-5-2-1-3-6-21)36-27(32-29)22-9-15-25(16-10-22)35-18-4-17-33/h1-3,5-12,15-16,24,26,33H,4,13-14,17-19H2,(H,31,34)/t26-,29-/m1/s1. The van der Waals surface area contributed by atoms with E-state index in [4.69, 9.17) is 19.6 Å². The lowest BCUT2D eigenvalue weighted by molar-refractivity contribution is -0.129. The van der Waals surface area contributed by atoms with Gasteiger partial charge in [0.2, 0.25) is 5.90 Å². The lowest BCUT2D eigenvalue weighted by atomic mass is 9.82. The molecule has 3 aromatic carbocycles. The first-order valence-corrected chi connectivity index (χ1v) is 13.1. The minimum atomic E-state index is -1.15. The number of aliphatic hydroxyl groups excluding tert-OH is 1. The quantitative estimate of drug-likeness (QED) is 0.350. The highest BCUT2D eigenvalue weighted by molar-refractivity contribution is 9.10. The van der Waals surface area contributed by atoms with Gasteiger partial charge in [-0.3, -0.25) is 4.79 Å². The van der Waals surface area contributed by atoms with Gasteiger partial charge in [-0.25, -0.2) is 4.99 Å². The Morgan fingerprint density at radius 2 is 1.78 bits per heavy atom. The van der Waals surface area contributed by atoms with Crippen molar-refractivity contribution >= 4 is 27.7 Å². The number of hydrogen-bond donors (Lipinski definition) is 2. The van der Waals surface area contributed by atoms with Crippen molar-refractivity contribution in [2.24, 2.45) is 4.99 Å². The van der Waals surface area contributed by atoms with Crippen LogP contribution in [0.25, 0.3) is 0 Å². The summed E-state index contributed by atoms with van der Waals surface area (Å²) in [7, 11) is 0. The van der Waals surface area contributed by atoms with Gasteiger partial charge >= 0.3 is 0 Å². The van der Waals surface area contributed by atoms with Crippen LogP contribution in [-0.2, 0) is 16.0 Å². The largest absolute Gasteiger partial charge is 0.494 e. The van der Waals surface area contributed by atoms with Crippen LogP contribution < -0.4 is 10.1 Å². The Labute approximate surface area is 219 Å². The van der Waals surface area contributed by atoms with E-state index in [1.165, 1.54) is 0 Å². The highest BCUT2D eigenvalue weighted by Gasteiger charge is 2.54. The van der Waals surface area contributed by atoms with Gasteiger partial charge in [-0.2, -0.15) is 0 Å². The van der Waals surface area contributed by atoms with Gasteiger partial charge < -0.3 is 19.9 Å². The maximum Gasteiger partial charge on any atom is 0.252 e. The van der Waals surface area contributed by atoms with Gasteiger partial charge in [0.15, 0.2) is 11.6 Å². The number of rotatable bonds is 10. The van der Waals surface area contributed by atoms with E-state index in [2.05, 4.69) is 21.2 Å². The molecule has 2 aliphatic rings. The molecule has 5 rings (SSSR count). The topological polar surface area (TPSA) is 80.2 Å². The molecule has 1 fully saturated rings. The second-order valence-corrected chi connectivity index (χ2v) is 10.2. The van der Waals surface area contributed by atoms with Gasteiger partial charge in [0.05, 0.1) is 6.61 Å². The van der Waals surface area contributed by atoms with E-state index in [0.29, 0.717) is 31.1 Å². The van der Waals surface area contributed by atoms with Crippen LogP contribution in [0.2, 0.25) is 0 Å². The lowest BCUT2D eigenvalue weighted by Crippen LogP contribution is -2.50. The number of amides is 1. The van der Waals surface area contributed by atoms with Crippen molar-refractivity contribution in [1.82, 2.24) is 5.32 Å². The van der Waals surface area contributed by atoms with E-state index < -0.39 is 11.6 Å². The molecule has 1 aliphatic carbocycles. The second kappa shape index (κ2) is 10.8. The van der Waals surface area contributed by atoms with Crippen LogP contribution in [0.4, 0.5) is 0 Å². The van der Waals surface area contributed by atoms with E-state index in [9.17, 15) is 4.79 Å². The molecule has 36 heavy (non-hydrogen) atoms. The van der Waals surface area contributed by atoms with Crippen molar-refractivity contribution in [3.8, 4) is 5.75 Å². The molecule has 1 saturated carbocycles. The van der Waals surface area contributed by atoms with Gasteiger partial charge in [-0.05, 0) is 60.4 Å². The Morgan fingerprint density at radius 1 is 1.06 bits per heavy atom. The lowest BCUT2D eigenvalue weighted by Gasteiger charge is -2.31. The van der Waals surface area contributed by atoms with Crippen LogP contribution in [0.3, 0.4) is 0 Å². The summed E-state index contributed by atoms with van der Waals surface area (Å²) >= 11 is 3.50. The summed E-state index contributed by atoms with van der Waals surface area (Å²) in [5, 5.41) is 12.2. The van der Waals surface area contributed by atoms with Crippen molar-refractivity contribution < 1.29 is 19.4 Å². The maximum absolute atomic E-state index is 13.9. The average molecular weight is 549 g/mol. The summed E-state index contributed by atoms with van der Waals surface area (Å²) < 4.78 is 13.2. The van der Waals surface area contributed by atoms with Gasteiger partial charge in [0.1, 0.15) is 5.75 Å². The first-order chi connectivity index (χ1) is 17.6. The monoisotopic (exact) mass is 548 g/mol. The molecule has 2 atom stereocenters. The second-order valence-electron chi connectivity index (χ2n) is 9.25. The van der Waals surface area contributed by atoms with Crippen molar-refractivity contribution in [3.05, 3.63) is 100 Å². The van der Waals surface area contributed by atoms with E-state index in [0.717, 1.165) is 34.0 Å². The first-order valence-electron chi connectivity index (χ1n) is 12.3. The van der Waals surface area contributed by atoms with Crippen LogP contribution in [0.15, 0.2) is 88.3 Å². The molecule has 0 spiro atoms. The number of carbonyl (C=O) groups excluding carboxylic acids is 1. The summed E-state index contributed by atoms with van der Waals surface area (Å²) in [6.07, 6.45) is 2.39. The number of nitrogens with zero attached hydrogens (tertiary/aromatic N) is 1. The minimum Gasteiger partial charge on any atom is -0.494 e. The van der Waals surface area contributed by atoms with Gasteiger partial charge in [-0.15, -0.1) is 0 Å². The number of nitrogens with one attached hydrogen (secondary N) is 1. The minimum absolute atomic E-state index is 0.0903. The summed E-state index contributed by atoms with van der Waals surface area (Å²) in [5.74, 6) is 1.03. The molecular formula is C29H29BrN2O4. The number of benzene rings is 3. The fourth-order valence-corrected chi connectivity index (χ4v) is 4.63. The zero-order valence-corrected chi connectivity index (χ0v) is 21.5. The summed E-state index contributed by atoms with van der Waals surface area (Å²) in [4.78, 5) is 19.0. The Kier molecular flexibility index (Phi) is 7.39. The van der Waals surface area contributed by atoms with E-state index in [1.54, 1.807) is 0 Å². The SMILES string of the molecule is O=C(NC1CC1)[C@]1(Cc2ccc(Br)cc2)N=C(c2ccc(OCCCO)cc2)O[C@@H]1c1ccccc1. The molecule has 0 unspecified atom stereocenters. The van der Waals surface area contributed by atoms with Crippen LogP contribution >= 0.6 is 15.9 Å². The number of hydrogen-bond acceptors (Lipinski definition) is 5. The number of halogens is 1. The van der Waals surface area contributed by atoms with Crippen molar-refractivity contribution in [2.45, 2.75) is 43.4 Å². The summed E-state index contributed by atoms with van der Waals surface area (Å²) in [6.45, 7) is 0.536. The third-order valence-corrected chi connectivity index (χ3v) is 6.96. The predicted octanol–water partition coefficient (Wildman–Crippen LogP) is 4.99. The van der Waals surface area contributed by atoms with Crippen LogP contribution in [-0.4, -0.2) is 41.7 Å².